The Kier molecular flexibility index (Phi) is 3.92. The first-order chi connectivity index (χ1) is 13.3. The Morgan fingerprint density at radius 3 is 2.96 bits per heavy atom. The van der Waals surface area contributed by atoms with Crippen LogP contribution in [0, 0.1) is 0 Å². The van der Waals surface area contributed by atoms with Crippen molar-refractivity contribution in [3.05, 3.63) is 36.5 Å². The molecule has 1 fully saturated rings. The number of anilines is 2. The number of aromatic nitrogens is 5. The summed E-state index contributed by atoms with van der Waals surface area (Å²) in [5.41, 5.74) is 3.70. The van der Waals surface area contributed by atoms with Gasteiger partial charge in [0.05, 0.1) is 16.4 Å². The van der Waals surface area contributed by atoms with Crippen LogP contribution in [0.15, 0.2) is 36.5 Å². The molecule has 0 radical (unpaired) electrons. The predicted octanol–water partition coefficient (Wildman–Crippen LogP) is 4.30. The molecule has 3 aromatic heterocycles. The molecule has 0 amide bonds. The van der Waals surface area contributed by atoms with E-state index in [1.165, 1.54) is 19.3 Å². The second-order valence-corrected chi connectivity index (χ2v) is 7.14. The summed E-state index contributed by atoms with van der Waals surface area (Å²) in [6.45, 7) is 0. The highest BCUT2D eigenvalue weighted by molar-refractivity contribution is 5.91. The van der Waals surface area contributed by atoms with Gasteiger partial charge in [-0.1, -0.05) is 6.42 Å². The minimum absolute atomic E-state index is 0.288. The van der Waals surface area contributed by atoms with Gasteiger partial charge in [-0.25, -0.2) is 0 Å². The fourth-order valence-corrected chi connectivity index (χ4v) is 3.81. The summed E-state index contributed by atoms with van der Waals surface area (Å²) in [6, 6.07) is 10.0. The van der Waals surface area contributed by atoms with E-state index in [-0.39, 0.29) is 6.10 Å². The van der Waals surface area contributed by atoms with Crippen LogP contribution >= 0.6 is 0 Å². The van der Waals surface area contributed by atoms with Gasteiger partial charge in [0.25, 0.3) is 0 Å². The van der Waals surface area contributed by atoms with Gasteiger partial charge >= 0.3 is 0 Å². The maximum absolute atomic E-state index is 6.21. The third kappa shape index (κ3) is 2.99. The highest BCUT2D eigenvalue weighted by Gasteiger charge is 2.19. The van der Waals surface area contributed by atoms with Gasteiger partial charge < -0.3 is 10.1 Å². The number of nitrogens with zero attached hydrogens (tertiary/aromatic N) is 4. The van der Waals surface area contributed by atoms with Crippen molar-refractivity contribution in [2.75, 3.05) is 5.32 Å². The van der Waals surface area contributed by atoms with Crippen molar-refractivity contribution in [2.45, 2.75) is 38.2 Å². The number of fused-ring (bicyclic) bond motifs is 2. The zero-order valence-corrected chi connectivity index (χ0v) is 15.3. The van der Waals surface area contributed by atoms with Gasteiger partial charge in [0.15, 0.2) is 5.82 Å². The first-order valence-corrected chi connectivity index (χ1v) is 9.47. The fraction of sp³-hybridized carbons (Fsp3) is 0.350. The van der Waals surface area contributed by atoms with E-state index in [0.29, 0.717) is 5.82 Å². The average Bonchev–Trinajstić information content (AvgIpc) is 3.24. The SMILES string of the molecule is Cn1nc(OC2CCCCC2)c2ccc(Nc3n[nH]c4cccnc34)cc21. The van der Waals surface area contributed by atoms with E-state index in [0.717, 1.165) is 46.3 Å². The number of benzene rings is 1. The van der Waals surface area contributed by atoms with Gasteiger partial charge in [-0.05, 0) is 56.0 Å². The van der Waals surface area contributed by atoms with Crippen LogP contribution in [0.1, 0.15) is 32.1 Å². The summed E-state index contributed by atoms with van der Waals surface area (Å²) in [5.74, 6) is 1.45. The molecule has 3 heterocycles. The Morgan fingerprint density at radius 1 is 1.19 bits per heavy atom. The molecule has 7 nitrogen and oxygen atoms in total. The maximum atomic E-state index is 6.21. The minimum Gasteiger partial charge on any atom is -0.473 e. The van der Waals surface area contributed by atoms with Crippen LogP contribution in [0.2, 0.25) is 0 Å². The molecule has 0 aliphatic heterocycles. The number of ether oxygens (including phenoxy) is 1. The number of hydrogen-bond acceptors (Lipinski definition) is 5. The molecule has 0 atom stereocenters. The predicted molar refractivity (Wildman–Crippen MR) is 105 cm³/mol. The quantitative estimate of drug-likeness (QED) is 0.566. The lowest BCUT2D eigenvalue weighted by Gasteiger charge is -2.21. The largest absolute Gasteiger partial charge is 0.473 e. The Labute approximate surface area is 156 Å². The summed E-state index contributed by atoms with van der Waals surface area (Å²) >= 11 is 0. The van der Waals surface area contributed by atoms with Gasteiger partial charge in [0, 0.05) is 18.9 Å². The lowest BCUT2D eigenvalue weighted by atomic mass is 9.98. The number of aryl methyl sites for hydroxylation is 1. The van der Waals surface area contributed by atoms with Crippen LogP contribution < -0.4 is 10.1 Å². The number of aromatic amines is 1. The van der Waals surface area contributed by atoms with Gasteiger partial charge in [0.2, 0.25) is 5.88 Å². The topological polar surface area (TPSA) is 80.6 Å². The Morgan fingerprint density at radius 2 is 2.07 bits per heavy atom. The highest BCUT2D eigenvalue weighted by Crippen LogP contribution is 2.31. The lowest BCUT2D eigenvalue weighted by molar-refractivity contribution is 0.149. The molecule has 1 aliphatic carbocycles. The Balaban J connectivity index is 1.44. The number of hydrogen-bond donors (Lipinski definition) is 2. The molecule has 0 bridgehead atoms. The Bertz CT molecular complexity index is 1090. The lowest BCUT2D eigenvalue weighted by Crippen LogP contribution is -2.19. The van der Waals surface area contributed by atoms with Crippen molar-refractivity contribution in [1.82, 2.24) is 25.0 Å². The van der Waals surface area contributed by atoms with E-state index >= 15 is 0 Å². The van der Waals surface area contributed by atoms with Crippen LogP contribution in [0.5, 0.6) is 5.88 Å². The molecule has 138 valence electrons. The fourth-order valence-electron chi connectivity index (χ4n) is 3.81. The molecule has 2 N–H and O–H groups in total. The van der Waals surface area contributed by atoms with Crippen molar-refractivity contribution in [1.29, 1.82) is 0 Å². The van der Waals surface area contributed by atoms with Gasteiger partial charge in [-0.3, -0.25) is 14.8 Å². The van der Waals surface area contributed by atoms with E-state index in [1.54, 1.807) is 6.20 Å². The number of nitrogens with one attached hydrogen (secondary N) is 2. The van der Waals surface area contributed by atoms with Crippen molar-refractivity contribution in [2.24, 2.45) is 7.05 Å². The van der Waals surface area contributed by atoms with E-state index in [4.69, 9.17) is 4.74 Å². The van der Waals surface area contributed by atoms with Crippen LogP contribution in [0.25, 0.3) is 21.9 Å². The zero-order chi connectivity index (χ0) is 18.2. The molecule has 1 aromatic carbocycles. The molecule has 4 aromatic rings. The molecule has 27 heavy (non-hydrogen) atoms. The average molecular weight is 362 g/mol. The highest BCUT2D eigenvalue weighted by atomic mass is 16.5. The maximum Gasteiger partial charge on any atom is 0.241 e. The molecule has 0 saturated heterocycles. The van der Waals surface area contributed by atoms with Crippen LogP contribution in [-0.4, -0.2) is 31.1 Å². The van der Waals surface area contributed by atoms with Crippen molar-refractivity contribution >= 4 is 33.4 Å². The summed E-state index contributed by atoms with van der Waals surface area (Å²) in [5, 5.41) is 16.3. The van der Waals surface area contributed by atoms with Crippen LogP contribution in [-0.2, 0) is 7.05 Å². The summed E-state index contributed by atoms with van der Waals surface area (Å²) in [6.07, 6.45) is 8.10. The summed E-state index contributed by atoms with van der Waals surface area (Å²) < 4.78 is 8.09. The smallest absolute Gasteiger partial charge is 0.241 e. The third-order valence-corrected chi connectivity index (χ3v) is 5.23. The molecule has 7 heteroatoms. The second kappa shape index (κ2) is 6.57. The van der Waals surface area contributed by atoms with E-state index in [2.05, 4.69) is 37.7 Å². The number of rotatable bonds is 4. The summed E-state index contributed by atoms with van der Waals surface area (Å²) in [7, 11) is 1.95. The van der Waals surface area contributed by atoms with E-state index in [9.17, 15) is 0 Å². The van der Waals surface area contributed by atoms with E-state index in [1.807, 2.05) is 29.9 Å². The molecule has 5 rings (SSSR count). The van der Waals surface area contributed by atoms with Gasteiger partial charge in [0.1, 0.15) is 11.6 Å². The van der Waals surface area contributed by atoms with Crippen molar-refractivity contribution < 1.29 is 4.74 Å². The Hall–Kier alpha value is -3.09. The normalized spacial score (nSPS) is 15.4. The number of H-pyrrole nitrogens is 1. The van der Waals surface area contributed by atoms with Crippen LogP contribution in [0.4, 0.5) is 11.5 Å². The first-order valence-electron chi connectivity index (χ1n) is 9.47. The molecular formula is C20H22N6O. The van der Waals surface area contributed by atoms with Gasteiger partial charge in [-0.15, -0.1) is 5.10 Å². The molecule has 0 unspecified atom stereocenters. The molecule has 1 aliphatic rings. The van der Waals surface area contributed by atoms with E-state index < -0.39 is 0 Å². The second-order valence-electron chi connectivity index (χ2n) is 7.14. The minimum atomic E-state index is 0.288. The van der Waals surface area contributed by atoms with Gasteiger partial charge in [-0.2, -0.15) is 5.10 Å². The molecular weight excluding hydrogens is 340 g/mol. The molecule has 0 spiro atoms. The zero-order valence-electron chi connectivity index (χ0n) is 15.3. The molecule has 1 saturated carbocycles. The standard InChI is InChI=1S/C20H22N6O/c1-26-17-12-13(22-19-18-16(23-24-19)8-5-11-21-18)9-10-15(17)20(25-26)27-14-6-3-2-4-7-14/h5,8-12,14H,2-4,6-7H2,1H3,(H2,22,23,24). The number of pyridine rings is 1. The monoisotopic (exact) mass is 362 g/mol. The van der Waals surface area contributed by atoms with Crippen molar-refractivity contribution in [3.63, 3.8) is 0 Å². The first kappa shape index (κ1) is 16.1. The summed E-state index contributed by atoms with van der Waals surface area (Å²) in [4.78, 5) is 4.39. The third-order valence-electron chi connectivity index (χ3n) is 5.23. The van der Waals surface area contributed by atoms with Crippen LogP contribution in [0.3, 0.4) is 0 Å². The van der Waals surface area contributed by atoms with Crippen molar-refractivity contribution in [3.8, 4) is 5.88 Å².